The molecule has 0 bridgehead atoms. The molecule has 4 heteroatoms. The molecule has 184 valence electrons. The lowest BCUT2D eigenvalue weighted by molar-refractivity contribution is 0.389. The van der Waals surface area contributed by atoms with Crippen molar-refractivity contribution in [2.24, 2.45) is 5.10 Å². The van der Waals surface area contributed by atoms with E-state index in [1.54, 1.807) is 0 Å². The molecule has 2 atom stereocenters. The Kier molecular flexibility index (Phi) is 5.44. The number of nitrogens with one attached hydrogen (secondary N) is 1. The van der Waals surface area contributed by atoms with Crippen LogP contribution in [0.1, 0.15) is 29.2 Å². The van der Waals surface area contributed by atoms with E-state index in [9.17, 15) is 0 Å². The number of hydrazone groups is 1. The average molecular weight is 493 g/mol. The lowest BCUT2D eigenvalue weighted by Crippen LogP contribution is -2.54. The summed E-state index contributed by atoms with van der Waals surface area (Å²) in [6, 6.07) is 51.3. The zero-order valence-electron chi connectivity index (χ0n) is 21.0. The Labute approximate surface area is 223 Å². The number of para-hydroxylation sites is 3. The average Bonchev–Trinajstić information content (AvgIpc) is 3.26. The molecule has 0 radical (unpaired) electrons. The Morgan fingerprint density at radius 3 is 1.92 bits per heavy atom. The lowest BCUT2D eigenvalue weighted by atomic mass is 9.86. The molecular formula is C34H28N4. The minimum atomic E-state index is -0.617. The van der Waals surface area contributed by atoms with Crippen molar-refractivity contribution in [1.82, 2.24) is 0 Å². The van der Waals surface area contributed by atoms with Crippen LogP contribution in [0, 0.1) is 0 Å². The second-order valence-electron chi connectivity index (χ2n) is 9.78. The van der Waals surface area contributed by atoms with Crippen LogP contribution in [0.2, 0.25) is 0 Å². The smallest absolute Gasteiger partial charge is 0.168 e. The van der Waals surface area contributed by atoms with Crippen LogP contribution in [0.15, 0.2) is 151 Å². The van der Waals surface area contributed by atoms with Crippen LogP contribution < -0.4 is 15.2 Å². The summed E-state index contributed by atoms with van der Waals surface area (Å²) in [4.78, 5) is 2.45. The number of fused-ring (bicyclic) bond motifs is 3. The van der Waals surface area contributed by atoms with Gasteiger partial charge in [-0.05, 0) is 29.8 Å². The monoisotopic (exact) mass is 492 g/mol. The van der Waals surface area contributed by atoms with Gasteiger partial charge in [0.05, 0.1) is 23.1 Å². The zero-order valence-corrected chi connectivity index (χ0v) is 21.0. The van der Waals surface area contributed by atoms with E-state index in [1.165, 1.54) is 11.1 Å². The first-order chi connectivity index (χ1) is 18.8. The quantitative estimate of drug-likeness (QED) is 0.278. The third-order valence-corrected chi connectivity index (χ3v) is 7.56. The van der Waals surface area contributed by atoms with Crippen LogP contribution in [0.4, 0.5) is 17.1 Å². The summed E-state index contributed by atoms with van der Waals surface area (Å²) in [5.74, 6) is 0.932. The van der Waals surface area contributed by atoms with Gasteiger partial charge in [0.15, 0.2) is 11.5 Å². The van der Waals surface area contributed by atoms with Crippen LogP contribution in [0.25, 0.3) is 0 Å². The van der Waals surface area contributed by atoms with E-state index in [0.29, 0.717) is 0 Å². The van der Waals surface area contributed by atoms with Gasteiger partial charge in [0.25, 0.3) is 0 Å². The molecule has 4 nitrogen and oxygen atoms in total. The van der Waals surface area contributed by atoms with Gasteiger partial charge in [-0.15, -0.1) is 0 Å². The fourth-order valence-electron chi connectivity index (χ4n) is 5.87. The van der Waals surface area contributed by atoms with Crippen LogP contribution in [0.5, 0.6) is 0 Å². The van der Waals surface area contributed by atoms with E-state index in [2.05, 4.69) is 161 Å². The second-order valence-corrected chi connectivity index (χ2v) is 9.78. The van der Waals surface area contributed by atoms with Crippen molar-refractivity contribution in [2.45, 2.75) is 18.1 Å². The fraction of sp³-hybridized carbons (Fsp3) is 0.0882. The molecule has 2 aliphatic rings. The van der Waals surface area contributed by atoms with Gasteiger partial charge in [0.1, 0.15) is 0 Å². The molecule has 0 fully saturated rings. The zero-order chi connectivity index (χ0) is 25.4. The van der Waals surface area contributed by atoms with Crippen LogP contribution in [-0.4, -0.2) is 5.84 Å². The van der Waals surface area contributed by atoms with Crippen molar-refractivity contribution in [3.63, 3.8) is 0 Å². The van der Waals surface area contributed by atoms with E-state index in [1.807, 2.05) is 0 Å². The minimum absolute atomic E-state index is 0.0547. The number of rotatable bonds is 4. The van der Waals surface area contributed by atoms with Gasteiger partial charge in [-0.3, -0.25) is 4.90 Å². The molecule has 0 saturated carbocycles. The molecule has 0 saturated heterocycles. The van der Waals surface area contributed by atoms with Crippen LogP contribution >= 0.6 is 0 Å². The van der Waals surface area contributed by atoms with E-state index < -0.39 is 5.66 Å². The first-order valence-corrected chi connectivity index (χ1v) is 13.1. The SMILES string of the molecule is c1ccc(C2=NN(c3ccccc3)[C@@]3(c4ccccc4)C[C@H](c4ccccc4)Nc4ccccc4N23)cc1. The third-order valence-electron chi connectivity index (χ3n) is 7.56. The molecule has 0 spiro atoms. The minimum Gasteiger partial charge on any atom is -0.376 e. The Hall–Kier alpha value is -4.83. The Balaban J connectivity index is 1.56. The number of anilines is 3. The van der Waals surface area contributed by atoms with Crippen molar-refractivity contribution in [1.29, 1.82) is 0 Å². The summed E-state index contributed by atoms with van der Waals surface area (Å²) in [7, 11) is 0. The van der Waals surface area contributed by atoms with Gasteiger partial charge in [-0.1, -0.05) is 121 Å². The van der Waals surface area contributed by atoms with Gasteiger partial charge >= 0.3 is 0 Å². The number of nitrogens with zero attached hydrogens (tertiary/aromatic N) is 3. The largest absolute Gasteiger partial charge is 0.376 e. The highest BCUT2D eigenvalue weighted by atomic mass is 15.7. The van der Waals surface area contributed by atoms with Crippen molar-refractivity contribution in [2.75, 3.05) is 15.2 Å². The molecule has 0 aromatic heterocycles. The summed E-state index contributed by atoms with van der Waals surface area (Å²) in [6.45, 7) is 0. The van der Waals surface area contributed by atoms with E-state index in [-0.39, 0.29) is 6.04 Å². The van der Waals surface area contributed by atoms with Gasteiger partial charge in [-0.2, -0.15) is 5.10 Å². The first-order valence-electron chi connectivity index (χ1n) is 13.1. The fourth-order valence-corrected chi connectivity index (χ4v) is 5.87. The molecule has 5 aromatic carbocycles. The summed E-state index contributed by atoms with van der Waals surface area (Å²) in [6.07, 6.45) is 0.768. The summed E-state index contributed by atoms with van der Waals surface area (Å²) in [5.41, 5.74) is 6.17. The van der Waals surface area contributed by atoms with Crippen molar-refractivity contribution >= 4 is 22.9 Å². The molecule has 7 rings (SSSR count). The highest BCUT2D eigenvalue weighted by Crippen LogP contribution is 2.53. The molecular weight excluding hydrogens is 464 g/mol. The summed E-state index contributed by atoms with van der Waals surface area (Å²) < 4.78 is 0. The predicted molar refractivity (Wildman–Crippen MR) is 156 cm³/mol. The molecule has 1 N–H and O–H groups in total. The van der Waals surface area contributed by atoms with Crippen molar-refractivity contribution in [3.8, 4) is 0 Å². The Bertz CT molecular complexity index is 1570. The topological polar surface area (TPSA) is 30.9 Å². The molecule has 2 aliphatic heterocycles. The highest BCUT2D eigenvalue weighted by Gasteiger charge is 2.55. The maximum atomic E-state index is 5.44. The molecule has 5 aromatic rings. The Morgan fingerprint density at radius 1 is 0.632 bits per heavy atom. The molecule has 38 heavy (non-hydrogen) atoms. The maximum absolute atomic E-state index is 5.44. The summed E-state index contributed by atoms with van der Waals surface area (Å²) >= 11 is 0. The Morgan fingerprint density at radius 2 is 1.21 bits per heavy atom. The number of hydrogen-bond donors (Lipinski definition) is 1. The number of amidine groups is 1. The lowest BCUT2D eigenvalue weighted by Gasteiger charge is -2.45. The van der Waals surface area contributed by atoms with E-state index in [0.717, 1.165) is 34.9 Å². The first kappa shape index (κ1) is 22.4. The molecule has 0 aliphatic carbocycles. The number of benzene rings is 5. The van der Waals surface area contributed by atoms with Gasteiger partial charge < -0.3 is 5.32 Å². The molecule has 2 heterocycles. The second kappa shape index (κ2) is 9.24. The van der Waals surface area contributed by atoms with Gasteiger partial charge in [0.2, 0.25) is 0 Å². The van der Waals surface area contributed by atoms with Gasteiger partial charge in [0, 0.05) is 17.5 Å². The predicted octanol–water partition coefficient (Wildman–Crippen LogP) is 7.78. The third kappa shape index (κ3) is 3.57. The van der Waals surface area contributed by atoms with Crippen molar-refractivity contribution < 1.29 is 0 Å². The van der Waals surface area contributed by atoms with Gasteiger partial charge in [-0.25, -0.2) is 5.01 Å². The van der Waals surface area contributed by atoms with Crippen LogP contribution in [0.3, 0.4) is 0 Å². The van der Waals surface area contributed by atoms with E-state index in [4.69, 9.17) is 5.10 Å². The van der Waals surface area contributed by atoms with E-state index >= 15 is 0 Å². The number of hydrogen-bond acceptors (Lipinski definition) is 4. The maximum Gasteiger partial charge on any atom is 0.168 e. The molecule has 0 amide bonds. The summed E-state index contributed by atoms with van der Waals surface area (Å²) in [5, 5.41) is 11.6. The van der Waals surface area contributed by atoms with Crippen LogP contribution in [-0.2, 0) is 5.66 Å². The molecule has 0 unspecified atom stereocenters. The normalized spacial score (nSPS) is 20.1. The van der Waals surface area contributed by atoms with Crippen molar-refractivity contribution in [3.05, 3.63) is 162 Å². The standard InChI is InChI=1S/C34H28N4/c1-5-15-26(16-6-1)31-25-34(28-19-9-3-10-20-28)37(32-24-14-13-23-30(32)35-31)33(27-17-7-2-8-18-27)36-38(34)29-21-11-4-12-22-29/h1-24,31,35H,25H2/t31-,34-/m1/s1. The highest BCUT2D eigenvalue weighted by molar-refractivity contribution is 6.15.